The van der Waals surface area contributed by atoms with E-state index in [2.05, 4.69) is 4.98 Å². The first-order valence-electron chi connectivity index (χ1n) is 7.87. The van der Waals surface area contributed by atoms with Gasteiger partial charge in [0.05, 0.1) is 24.4 Å². The van der Waals surface area contributed by atoms with Crippen molar-refractivity contribution < 1.29 is 13.9 Å². The minimum atomic E-state index is -0.217. The molecule has 1 aromatic heterocycles. The monoisotopic (exact) mass is 349 g/mol. The quantitative estimate of drug-likeness (QED) is 0.831. The number of para-hydroxylation sites is 1. The van der Waals surface area contributed by atoms with Gasteiger partial charge in [-0.15, -0.1) is 11.3 Å². The zero-order valence-electron chi connectivity index (χ0n) is 13.6. The van der Waals surface area contributed by atoms with Crippen LogP contribution in [0.1, 0.15) is 10.7 Å². The van der Waals surface area contributed by atoms with Crippen LogP contribution in [0.4, 0.5) is 10.1 Å². The summed E-state index contributed by atoms with van der Waals surface area (Å²) in [6, 6.07) is 6.76. The van der Waals surface area contributed by atoms with Crippen molar-refractivity contribution in [3.63, 3.8) is 0 Å². The average Bonchev–Trinajstić information content (AvgIpc) is 3.03. The molecule has 1 aliphatic heterocycles. The molecule has 0 radical (unpaired) electrons. The number of amides is 1. The third-order valence-electron chi connectivity index (χ3n) is 4.02. The molecule has 0 unspecified atom stereocenters. The summed E-state index contributed by atoms with van der Waals surface area (Å²) in [6.45, 7) is 2.95. The first kappa shape index (κ1) is 16.9. The number of aromatic nitrogens is 1. The Kier molecular flexibility index (Phi) is 5.42. The van der Waals surface area contributed by atoms with Crippen LogP contribution in [0, 0.1) is 5.82 Å². The molecule has 0 spiro atoms. The smallest absolute Gasteiger partial charge is 0.228 e. The molecule has 2 aromatic rings. The van der Waals surface area contributed by atoms with Crippen molar-refractivity contribution in [2.24, 2.45) is 0 Å². The predicted octanol–water partition coefficient (Wildman–Crippen LogP) is 2.32. The number of halogens is 1. The van der Waals surface area contributed by atoms with Gasteiger partial charge >= 0.3 is 0 Å². The molecule has 5 nitrogen and oxygen atoms in total. The molecular formula is C17H20FN3O2S. The van der Waals surface area contributed by atoms with Crippen molar-refractivity contribution in [2.75, 3.05) is 38.2 Å². The summed E-state index contributed by atoms with van der Waals surface area (Å²) < 4.78 is 18.9. The van der Waals surface area contributed by atoms with Crippen LogP contribution in [-0.4, -0.2) is 49.1 Å². The normalized spacial score (nSPS) is 14.9. The van der Waals surface area contributed by atoms with Crippen molar-refractivity contribution in [2.45, 2.75) is 13.0 Å². The Labute approximate surface area is 144 Å². The highest BCUT2D eigenvalue weighted by Gasteiger charge is 2.23. The van der Waals surface area contributed by atoms with Crippen LogP contribution in [0.15, 0.2) is 29.6 Å². The Morgan fingerprint density at radius 1 is 1.29 bits per heavy atom. The zero-order chi connectivity index (χ0) is 16.9. The van der Waals surface area contributed by atoms with Crippen LogP contribution in [0.2, 0.25) is 0 Å². The number of hydrogen-bond donors (Lipinski definition) is 0. The highest BCUT2D eigenvalue weighted by molar-refractivity contribution is 7.09. The van der Waals surface area contributed by atoms with Gasteiger partial charge in [-0.25, -0.2) is 9.37 Å². The molecule has 0 saturated carbocycles. The van der Waals surface area contributed by atoms with E-state index < -0.39 is 0 Å². The van der Waals surface area contributed by atoms with E-state index in [-0.39, 0.29) is 11.7 Å². The maximum Gasteiger partial charge on any atom is 0.228 e. The Bertz CT molecular complexity index is 699. The van der Waals surface area contributed by atoms with Crippen LogP contribution in [0.5, 0.6) is 0 Å². The van der Waals surface area contributed by atoms with Gasteiger partial charge in [-0.3, -0.25) is 4.79 Å². The van der Waals surface area contributed by atoms with Gasteiger partial charge < -0.3 is 14.5 Å². The number of carbonyl (C=O) groups is 1. The van der Waals surface area contributed by atoms with E-state index in [4.69, 9.17) is 4.74 Å². The van der Waals surface area contributed by atoms with E-state index in [1.54, 1.807) is 19.2 Å². The first-order valence-corrected chi connectivity index (χ1v) is 8.75. The molecule has 1 amide bonds. The second-order valence-electron chi connectivity index (χ2n) is 5.66. The molecule has 2 heterocycles. The number of carbonyl (C=O) groups excluding carboxylic acids is 1. The molecule has 24 heavy (non-hydrogen) atoms. The molecule has 0 aliphatic carbocycles. The minimum Gasteiger partial charge on any atom is -0.378 e. The fourth-order valence-electron chi connectivity index (χ4n) is 2.79. The SMILES string of the molecule is COCc1nc(CC(=O)N2CCN(c3ccccc3F)CC2)cs1. The summed E-state index contributed by atoms with van der Waals surface area (Å²) in [5, 5.41) is 2.78. The highest BCUT2D eigenvalue weighted by atomic mass is 32.1. The van der Waals surface area contributed by atoms with Crippen molar-refractivity contribution in [3.05, 3.63) is 46.2 Å². The van der Waals surface area contributed by atoms with Gasteiger partial charge in [0.2, 0.25) is 5.91 Å². The fraction of sp³-hybridized carbons (Fsp3) is 0.412. The van der Waals surface area contributed by atoms with Gasteiger partial charge in [-0.05, 0) is 12.1 Å². The molecule has 0 bridgehead atoms. The molecule has 0 atom stereocenters. The summed E-state index contributed by atoms with van der Waals surface area (Å²) in [4.78, 5) is 20.6. The number of methoxy groups -OCH3 is 1. The number of benzene rings is 1. The second-order valence-corrected chi connectivity index (χ2v) is 6.60. The van der Waals surface area contributed by atoms with Gasteiger partial charge in [0.1, 0.15) is 10.8 Å². The molecular weight excluding hydrogens is 329 g/mol. The van der Waals surface area contributed by atoms with Crippen LogP contribution >= 0.6 is 11.3 Å². The van der Waals surface area contributed by atoms with E-state index in [1.807, 2.05) is 21.2 Å². The second kappa shape index (κ2) is 7.72. The summed E-state index contributed by atoms with van der Waals surface area (Å²) in [7, 11) is 1.63. The number of piperazine rings is 1. The molecule has 7 heteroatoms. The molecule has 0 N–H and O–H groups in total. The van der Waals surface area contributed by atoms with Crippen molar-refractivity contribution >= 4 is 22.9 Å². The van der Waals surface area contributed by atoms with Crippen LogP contribution < -0.4 is 4.90 Å². The lowest BCUT2D eigenvalue weighted by atomic mass is 10.2. The van der Waals surface area contributed by atoms with Crippen molar-refractivity contribution in [1.82, 2.24) is 9.88 Å². The predicted molar refractivity (Wildman–Crippen MR) is 91.7 cm³/mol. The number of hydrogen-bond acceptors (Lipinski definition) is 5. The topological polar surface area (TPSA) is 45.7 Å². The fourth-order valence-corrected chi connectivity index (χ4v) is 3.56. The van der Waals surface area contributed by atoms with E-state index in [1.165, 1.54) is 17.4 Å². The summed E-state index contributed by atoms with van der Waals surface area (Å²) in [6.07, 6.45) is 0.305. The standard InChI is InChI=1S/C17H20FN3O2S/c1-23-11-16-19-13(12-24-16)10-17(22)21-8-6-20(7-9-21)15-5-3-2-4-14(15)18/h2-5,12H,6-11H2,1H3. The Hall–Kier alpha value is -1.99. The number of anilines is 1. The van der Waals surface area contributed by atoms with Gasteiger partial charge in [0, 0.05) is 38.7 Å². The number of ether oxygens (including phenoxy) is 1. The van der Waals surface area contributed by atoms with Crippen LogP contribution in [-0.2, 0) is 22.6 Å². The van der Waals surface area contributed by atoms with Gasteiger partial charge in [-0.1, -0.05) is 12.1 Å². The number of thiazole rings is 1. The number of nitrogens with zero attached hydrogens (tertiary/aromatic N) is 3. The molecule has 128 valence electrons. The Morgan fingerprint density at radius 2 is 2.04 bits per heavy atom. The molecule has 1 saturated heterocycles. The van der Waals surface area contributed by atoms with Gasteiger partial charge in [-0.2, -0.15) is 0 Å². The van der Waals surface area contributed by atoms with Crippen molar-refractivity contribution in [1.29, 1.82) is 0 Å². The van der Waals surface area contributed by atoms with Gasteiger partial charge in [0.15, 0.2) is 0 Å². The molecule has 1 fully saturated rings. The van der Waals surface area contributed by atoms with Crippen LogP contribution in [0.25, 0.3) is 0 Å². The zero-order valence-corrected chi connectivity index (χ0v) is 14.4. The summed E-state index contributed by atoms with van der Waals surface area (Å²) in [5.41, 5.74) is 1.39. The Balaban J connectivity index is 1.54. The average molecular weight is 349 g/mol. The molecule has 1 aliphatic rings. The lowest BCUT2D eigenvalue weighted by Crippen LogP contribution is -2.49. The third-order valence-corrected chi connectivity index (χ3v) is 4.90. The van der Waals surface area contributed by atoms with Crippen LogP contribution in [0.3, 0.4) is 0 Å². The van der Waals surface area contributed by atoms with Crippen molar-refractivity contribution in [3.8, 4) is 0 Å². The molecule has 1 aromatic carbocycles. The summed E-state index contributed by atoms with van der Waals surface area (Å²) >= 11 is 1.51. The van der Waals surface area contributed by atoms with Gasteiger partial charge in [0.25, 0.3) is 0 Å². The maximum atomic E-state index is 13.8. The maximum absolute atomic E-state index is 13.8. The van der Waals surface area contributed by atoms with E-state index in [0.717, 1.165) is 10.7 Å². The lowest BCUT2D eigenvalue weighted by Gasteiger charge is -2.36. The first-order chi connectivity index (χ1) is 11.7. The minimum absolute atomic E-state index is 0.0671. The lowest BCUT2D eigenvalue weighted by molar-refractivity contribution is -0.130. The summed E-state index contributed by atoms with van der Waals surface area (Å²) in [5.74, 6) is -0.150. The Morgan fingerprint density at radius 3 is 2.75 bits per heavy atom. The largest absolute Gasteiger partial charge is 0.378 e. The van der Waals surface area contributed by atoms with E-state index in [0.29, 0.717) is 44.9 Å². The highest BCUT2D eigenvalue weighted by Crippen LogP contribution is 2.20. The van der Waals surface area contributed by atoms with E-state index in [9.17, 15) is 9.18 Å². The molecule has 3 rings (SSSR count). The van der Waals surface area contributed by atoms with E-state index >= 15 is 0 Å². The number of rotatable bonds is 5. The third kappa shape index (κ3) is 3.91.